The molecule has 3 nitrogen and oxygen atoms in total. The van der Waals surface area contributed by atoms with Gasteiger partial charge in [-0.15, -0.1) is 11.3 Å². The van der Waals surface area contributed by atoms with Crippen molar-refractivity contribution in [1.29, 1.82) is 0 Å². The van der Waals surface area contributed by atoms with Gasteiger partial charge in [-0.25, -0.2) is 4.98 Å². The Morgan fingerprint density at radius 1 is 1.42 bits per heavy atom. The van der Waals surface area contributed by atoms with Gasteiger partial charge in [0, 0.05) is 29.5 Å². The van der Waals surface area contributed by atoms with Crippen LogP contribution in [0.4, 0.5) is 0 Å². The lowest BCUT2D eigenvalue weighted by Crippen LogP contribution is -2.35. The fourth-order valence-electron chi connectivity index (χ4n) is 2.38. The second kappa shape index (κ2) is 5.69. The normalized spacial score (nSPS) is 20.8. The van der Waals surface area contributed by atoms with Crippen LogP contribution in [0.5, 0.6) is 0 Å². The second-order valence-corrected chi connectivity index (χ2v) is 6.96. The van der Waals surface area contributed by atoms with E-state index in [4.69, 9.17) is 4.42 Å². The van der Waals surface area contributed by atoms with E-state index in [2.05, 4.69) is 28.9 Å². The average molecular weight is 294 g/mol. The Bertz CT molecular complexity index is 549. The molecule has 0 unspecified atom stereocenters. The topological polar surface area (TPSA) is 29.3 Å². The SMILES string of the molecule is Cc1ccc([C@@H]2CSCCN2Cc2scnc2C)o1. The van der Waals surface area contributed by atoms with E-state index >= 15 is 0 Å². The highest BCUT2D eigenvalue weighted by Crippen LogP contribution is 2.32. The van der Waals surface area contributed by atoms with Crippen molar-refractivity contribution in [3.63, 3.8) is 0 Å². The molecule has 1 fully saturated rings. The number of aryl methyl sites for hydroxylation is 2. The lowest BCUT2D eigenvalue weighted by Gasteiger charge is -2.33. The molecule has 102 valence electrons. The molecule has 0 saturated carbocycles. The summed E-state index contributed by atoms with van der Waals surface area (Å²) in [6.45, 7) is 6.21. The highest BCUT2D eigenvalue weighted by atomic mass is 32.2. The van der Waals surface area contributed by atoms with Gasteiger partial charge in [0.05, 0.1) is 17.2 Å². The van der Waals surface area contributed by atoms with Crippen LogP contribution in [0.3, 0.4) is 0 Å². The van der Waals surface area contributed by atoms with E-state index in [1.165, 1.54) is 10.6 Å². The van der Waals surface area contributed by atoms with Crippen molar-refractivity contribution in [2.75, 3.05) is 18.1 Å². The van der Waals surface area contributed by atoms with E-state index in [1.54, 1.807) is 11.3 Å². The third-order valence-corrected chi connectivity index (χ3v) is 5.46. The maximum absolute atomic E-state index is 5.84. The molecule has 0 bridgehead atoms. The zero-order valence-corrected chi connectivity index (χ0v) is 12.9. The number of furan rings is 1. The molecule has 1 aliphatic heterocycles. The Morgan fingerprint density at radius 3 is 3.00 bits per heavy atom. The highest BCUT2D eigenvalue weighted by molar-refractivity contribution is 7.99. The summed E-state index contributed by atoms with van der Waals surface area (Å²) in [5, 5.41) is 0. The maximum Gasteiger partial charge on any atom is 0.122 e. The molecule has 0 aromatic carbocycles. The zero-order chi connectivity index (χ0) is 13.2. The van der Waals surface area contributed by atoms with Crippen molar-refractivity contribution >= 4 is 23.1 Å². The first-order valence-corrected chi connectivity index (χ1v) is 8.54. The Labute approximate surface area is 122 Å². The average Bonchev–Trinajstić information content (AvgIpc) is 3.00. The minimum Gasteiger partial charge on any atom is -0.465 e. The minimum absolute atomic E-state index is 0.397. The summed E-state index contributed by atoms with van der Waals surface area (Å²) < 4.78 is 5.84. The first-order chi connectivity index (χ1) is 9.24. The predicted octanol–water partition coefficient (Wildman–Crippen LogP) is 3.64. The molecule has 0 N–H and O–H groups in total. The summed E-state index contributed by atoms with van der Waals surface area (Å²) in [6, 6.07) is 4.58. The molecule has 2 aromatic heterocycles. The van der Waals surface area contributed by atoms with E-state index in [0.29, 0.717) is 6.04 Å². The van der Waals surface area contributed by atoms with Gasteiger partial charge in [-0.2, -0.15) is 11.8 Å². The summed E-state index contributed by atoms with van der Waals surface area (Å²) >= 11 is 3.77. The number of rotatable bonds is 3. The van der Waals surface area contributed by atoms with Gasteiger partial charge in [0.1, 0.15) is 11.5 Å². The lowest BCUT2D eigenvalue weighted by molar-refractivity contribution is 0.188. The van der Waals surface area contributed by atoms with Crippen molar-refractivity contribution in [3.05, 3.63) is 39.7 Å². The second-order valence-electron chi connectivity index (χ2n) is 4.87. The van der Waals surface area contributed by atoms with Crippen LogP contribution in [0.1, 0.15) is 28.1 Å². The summed E-state index contributed by atoms with van der Waals surface area (Å²) in [5.74, 6) is 4.42. The molecule has 0 aliphatic carbocycles. The predicted molar refractivity (Wildman–Crippen MR) is 80.8 cm³/mol. The third-order valence-electron chi connectivity index (χ3n) is 3.52. The first-order valence-electron chi connectivity index (χ1n) is 6.51. The van der Waals surface area contributed by atoms with Crippen LogP contribution in [0, 0.1) is 13.8 Å². The van der Waals surface area contributed by atoms with Crippen molar-refractivity contribution in [3.8, 4) is 0 Å². The molecular weight excluding hydrogens is 276 g/mol. The van der Waals surface area contributed by atoms with Crippen LogP contribution < -0.4 is 0 Å². The van der Waals surface area contributed by atoms with Crippen LogP contribution in [0.2, 0.25) is 0 Å². The van der Waals surface area contributed by atoms with Crippen LogP contribution in [-0.4, -0.2) is 27.9 Å². The summed E-state index contributed by atoms with van der Waals surface area (Å²) in [6.07, 6.45) is 0. The Morgan fingerprint density at radius 2 is 2.32 bits per heavy atom. The molecule has 3 rings (SSSR count). The van der Waals surface area contributed by atoms with Crippen LogP contribution >= 0.6 is 23.1 Å². The van der Waals surface area contributed by atoms with E-state index in [-0.39, 0.29) is 0 Å². The van der Waals surface area contributed by atoms with Gasteiger partial charge in [-0.3, -0.25) is 4.90 Å². The maximum atomic E-state index is 5.84. The number of nitrogens with zero attached hydrogens (tertiary/aromatic N) is 2. The van der Waals surface area contributed by atoms with E-state index in [0.717, 1.165) is 36.1 Å². The van der Waals surface area contributed by atoms with Gasteiger partial charge < -0.3 is 4.42 Å². The van der Waals surface area contributed by atoms with E-state index < -0.39 is 0 Å². The van der Waals surface area contributed by atoms with Crippen molar-refractivity contribution < 1.29 is 4.42 Å². The quantitative estimate of drug-likeness (QED) is 0.864. The van der Waals surface area contributed by atoms with Gasteiger partial charge in [0.25, 0.3) is 0 Å². The molecule has 1 atom stereocenters. The van der Waals surface area contributed by atoms with Gasteiger partial charge in [-0.1, -0.05) is 0 Å². The molecule has 0 spiro atoms. The van der Waals surface area contributed by atoms with Gasteiger partial charge >= 0.3 is 0 Å². The van der Waals surface area contributed by atoms with E-state index in [1.807, 2.05) is 24.2 Å². The standard InChI is InChI=1S/C14H18N2OS2/c1-10-3-4-13(17-10)12-8-18-6-5-16(12)7-14-11(2)15-9-19-14/h3-4,9,12H,5-8H2,1-2H3/t12-/m0/s1. The largest absolute Gasteiger partial charge is 0.465 e. The molecule has 0 amide bonds. The van der Waals surface area contributed by atoms with Gasteiger partial charge in [0.2, 0.25) is 0 Å². The number of thiazole rings is 1. The highest BCUT2D eigenvalue weighted by Gasteiger charge is 2.27. The summed E-state index contributed by atoms with van der Waals surface area (Å²) in [4.78, 5) is 8.25. The molecule has 0 radical (unpaired) electrons. The molecule has 5 heteroatoms. The fraction of sp³-hybridized carbons (Fsp3) is 0.500. The van der Waals surface area contributed by atoms with Gasteiger partial charge in [-0.05, 0) is 26.0 Å². The first kappa shape index (κ1) is 13.2. The molecule has 3 heterocycles. The lowest BCUT2D eigenvalue weighted by atomic mass is 10.2. The van der Waals surface area contributed by atoms with Crippen molar-refractivity contribution in [2.24, 2.45) is 0 Å². The smallest absolute Gasteiger partial charge is 0.122 e. The Hall–Kier alpha value is -0.780. The number of hydrogen-bond donors (Lipinski definition) is 0. The van der Waals surface area contributed by atoms with E-state index in [9.17, 15) is 0 Å². The third kappa shape index (κ3) is 2.88. The Kier molecular flexibility index (Phi) is 3.96. The number of hydrogen-bond acceptors (Lipinski definition) is 5. The summed E-state index contributed by atoms with van der Waals surface area (Å²) in [7, 11) is 0. The summed E-state index contributed by atoms with van der Waals surface area (Å²) in [5.41, 5.74) is 3.10. The van der Waals surface area contributed by atoms with Crippen molar-refractivity contribution in [2.45, 2.75) is 26.4 Å². The zero-order valence-electron chi connectivity index (χ0n) is 11.3. The van der Waals surface area contributed by atoms with Crippen LogP contribution in [-0.2, 0) is 6.54 Å². The van der Waals surface area contributed by atoms with Gasteiger partial charge in [0.15, 0.2) is 0 Å². The number of thioether (sulfide) groups is 1. The Balaban J connectivity index is 1.79. The molecule has 2 aromatic rings. The van der Waals surface area contributed by atoms with Crippen molar-refractivity contribution in [1.82, 2.24) is 9.88 Å². The van der Waals surface area contributed by atoms with Crippen LogP contribution in [0.15, 0.2) is 22.1 Å². The molecular formula is C14H18N2OS2. The molecule has 19 heavy (non-hydrogen) atoms. The monoisotopic (exact) mass is 294 g/mol. The van der Waals surface area contributed by atoms with Crippen LogP contribution in [0.25, 0.3) is 0 Å². The number of aromatic nitrogens is 1. The minimum atomic E-state index is 0.397. The molecule has 1 aliphatic rings. The molecule has 1 saturated heterocycles. The fourth-order valence-corrected chi connectivity index (χ4v) is 4.31.